The Labute approximate surface area is 160 Å². The predicted molar refractivity (Wildman–Crippen MR) is 108 cm³/mol. The number of fused-ring (bicyclic) bond motifs is 1. The van der Waals surface area contributed by atoms with Crippen molar-refractivity contribution in [2.75, 3.05) is 50.1 Å². The van der Waals surface area contributed by atoms with Crippen molar-refractivity contribution in [1.82, 2.24) is 14.9 Å². The molecular weight excluding hydrogens is 364 g/mol. The van der Waals surface area contributed by atoms with Crippen LogP contribution in [0, 0.1) is 10.1 Å². The van der Waals surface area contributed by atoms with Gasteiger partial charge in [0.05, 0.1) is 20.8 Å². The SMILES string of the molecule is CN1CCN(c2cc3ncnc(N(C)c4cccs4)c3cc2[N+](=O)[O-])CC1. The maximum atomic E-state index is 11.8. The third-order valence-corrected chi connectivity index (χ3v) is 5.85. The van der Waals surface area contributed by atoms with E-state index in [1.807, 2.05) is 35.5 Å². The fraction of sp³-hybridized carbons (Fsp3) is 0.333. The Morgan fingerprint density at radius 1 is 1.22 bits per heavy atom. The largest absolute Gasteiger partial charge is 0.363 e. The number of aromatic nitrogens is 2. The minimum atomic E-state index is -0.311. The summed E-state index contributed by atoms with van der Waals surface area (Å²) in [7, 11) is 3.97. The summed E-state index contributed by atoms with van der Waals surface area (Å²) in [5, 5.41) is 15.5. The van der Waals surface area contributed by atoms with Gasteiger partial charge in [-0.05, 0) is 30.6 Å². The van der Waals surface area contributed by atoms with E-state index >= 15 is 0 Å². The Kier molecular flexibility index (Phi) is 4.63. The molecule has 1 aromatic carbocycles. The average molecular weight is 384 g/mol. The van der Waals surface area contributed by atoms with Gasteiger partial charge in [-0.3, -0.25) is 10.1 Å². The molecule has 3 aromatic rings. The molecule has 1 saturated heterocycles. The van der Waals surface area contributed by atoms with E-state index in [0.29, 0.717) is 22.4 Å². The number of hydrogen-bond acceptors (Lipinski definition) is 8. The summed E-state index contributed by atoms with van der Waals surface area (Å²) in [5.74, 6) is 0.662. The number of likely N-dealkylation sites (N-methyl/N-ethyl adjacent to an activating group) is 1. The molecule has 0 atom stereocenters. The van der Waals surface area contributed by atoms with Gasteiger partial charge in [0.1, 0.15) is 17.8 Å². The van der Waals surface area contributed by atoms with Gasteiger partial charge >= 0.3 is 0 Å². The summed E-state index contributed by atoms with van der Waals surface area (Å²) >= 11 is 1.59. The van der Waals surface area contributed by atoms with Crippen molar-refractivity contribution in [2.45, 2.75) is 0 Å². The second-order valence-electron chi connectivity index (χ2n) is 6.61. The zero-order valence-corrected chi connectivity index (χ0v) is 16.0. The molecule has 0 unspecified atom stereocenters. The van der Waals surface area contributed by atoms with Crippen molar-refractivity contribution in [1.29, 1.82) is 0 Å². The number of piperazine rings is 1. The van der Waals surface area contributed by atoms with E-state index in [0.717, 1.165) is 31.2 Å². The molecule has 3 heterocycles. The third kappa shape index (κ3) is 3.31. The number of thiophene rings is 1. The number of hydrogen-bond donors (Lipinski definition) is 0. The molecule has 0 amide bonds. The van der Waals surface area contributed by atoms with Crippen molar-refractivity contribution in [3.63, 3.8) is 0 Å². The lowest BCUT2D eigenvalue weighted by Gasteiger charge is -2.33. The molecule has 0 radical (unpaired) electrons. The van der Waals surface area contributed by atoms with Gasteiger partial charge in [0.2, 0.25) is 0 Å². The predicted octanol–water partition coefficient (Wildman–Crippen LogP) is 3.12. The number of benzene rings is 1. The van der Waals surface area contributed by atoms with Crippen LogP contribution in [0.2, 0.25) is 0 Å². The standard InChI is InChI=1S/C18H20N6O2S/c1-21-5-7-23(8-6-21)15-11-14-13(10-16(15)24(25)26)18(20-12-19-14)22(2)17-4-3-9-27-17/h3-4,9-12H,5-8H2,1-2H3. The lowest BCUT2D eigenvalue weighted by atomic mass is 10.1. The molecule has 2 aromatic heterocycles. The van der Waals surface area contributed by atoms with Crippen LogP contribution >= 0.6 is 11.3 Å². The summed E-state index contributed by atoms with van der Waals surface area (Å²) < 4.78 is 0. The minimum Gasteiger partial charge on any atom is -0.363 e. The van der Waals surface area contributed by atoms with E-state index in [2.05, 4.69) is 26.8 Å². The number of anilines is 3. The number of rotatable bonds is 4. The Bertz CT molecular complexity index is 969. The first-order valence-corrected chi connectivity index (χ1v) is 9.56. The van der Waals surface area contributed by atoms with Crippen LogP contribution in [0.3, 0.4) is 0 Å². The Hall–Kier alpha value is -2.78. The molecule has 0 saturated carbocycles. The number of nitro benzene ring substituents is 1. The van der Waals surface area contributed by atoms with Gasteiger partial charge in [0, 0.05) is 39.3 Å². The Morgan fingerprint density at radius 2 is 2.00 bits per heavy atom. The highest BCUT2D eigenvalue weighted by atomic mass is 32.1. The molecule has 0 spiro atoms. The van der Waals surface area contributed by atoms with E-state index < -0.39 is 0 Å². The lowest BCUT2D eigenvalue weighted by Crippen LogP contribution is -2.44. The second kappa shape index (κ2) is 7.09. The molecule has 0 bridgehead atoms. The van der Waals surface area contributed by atoms with Gasteiger partial charge in [0.25, 0.3) is 5.69 Å². The topological polar surface area (TPSA) is 78.6 Å². The molecule has 1 aliphatic heterocycles. The van der Waals surface area contributed by atoms with Crippen LogP contribution in [0.5, 0.6) is 0 Å². The molecule has 0 N–H and O–H groups in total. The first-order valence-electron chi connectivity index (χ1n) is 8.68. The highest BCUT2D eigenvalue weighted by Gasteiger charge is 2.25. The molecule has 1 fully saturated rings. The van der Waals surface area contributed by atoms with Gasteiger partial charge in [0.15, 0.2) is 0 Å². The molecule has 1 aliphatic rings. The van der Waals surface area contributed by atoms with Gasteiger partial charge in [-0.15, -0.1) is 11.3 Å². The van der Waals surface area contributed by atoms with Crippen molar-refractivity contribution in [3.05, 3.63) is 46.1 Å². The highest BCUT2D eigenvalue weighted by Crippen LogP contribution is 2.37. The minimum absolute atomic E-state index is 0.0997. The molecular formula is C18H20N6O2S. The molecule has 8 nitrogen and oxygen atoms in total. The smallest absolute Gasteiger partial charge is 0.293 e. The molecule has 4 rings (SSSR count). The summed E-state index contributed by atoms with van der Waals surface area (Å²) in [6, 6.07) is 7.40. The second-order valence-corrected chi connectivity index (χ2v) is 7.54. The molecule has 0 aliphatic carbocycles. The van der Waals surface area contributed by atoms with Crippen LogP contribution in [0.25, 0.3) is 10.9 Å². The van der Waals surface area contributed by atoms with Crippen LogP contribution in [0.4, 0.5) is 22.2 Å². The van der Waals surface area contributed by atoms with Crippen molar-refractivity contribution in [2.24, 2.45) is 0 Å². The maximum Gasteiger partial charge on any atom is 0.293 e. The van der Waals surface area contributed by atoms with Crippen LogP contribution in [-0.2, 0) is 0 Å². The van der Waals surface area contributed by atoms with Gasteiger partial charge < -0.3 is 14.7 Å². The first-order chi connectivity index (χ1) is 13.0. The Morgan fingerprint density at radius 3 is 2.67 bits per heavy atom. The van der Waals surface area contributed by atoms with Crippen molar-refractivity contribution < 1.29 is 4.92 Å². The zero-order valence-electron chi connectivity index (χ0n) is 15.2. The fourth-order valence-corrected chi connectivity index (χ4v) is 4.04. The Balaban J connectivity index is 1.83. The van der Waals surface area contributed by atoms with Gasteiger partial charge in [-0.25, -0.2) is 9.97 Å². The normalized spacial score (nSPS) is 15.3. The number of nitrogens with zero attached hydrogens (tertiary/aromatic N) is 6. The molecule has 27 heavy (non-hydrogen) atoms. The van der Waals surface area contributed by atoms with E-state index in [9.17, 15) is 10.1 Å². The van der Waals surface area contributed by atoms with Gasteiger partial charge in [-0.2, -0.15) is 0 Å². The monoisotopic (exact) mass is 384 g/mol. The number of nitro groups is 1. The zero-order chi connectivity index (χ0) is 19.0. The summed E-state index contributed by atoms with van der Waals surface area (Å²) in [5.41, 5.74) is 1.44. The summed E-state index contributed by atoms with van der Waals surface area (Å²) in [6.07, 6.45) is 1.52. The molecule has 9 heteroatoms. The van der Waals surface area contributed by atoms with E-state index in [-0.39, 0.29) is 10.6 Å². The third-order valence-electron chi connectivity index (χ3n) is 4.91. The quantitative estimate of drug-likeness (QED) is 0.505. The van der Waals surface area contributed by atoms with Crippen LogP contribution in [-0.4, -0.2) is 60.1 Å². The van der Waals surface area contributed by atoms with Crippen molar-refractivity contribution in [3.8, 4) is 0 Å². The molecule has 140 valence electrons. The average Bonchev–Trinajstić information content (AvgIpc) is 3.21. The van der Waals surface area contributed by atoms with Crippen LogP contribution in [0.15, 0.2) is 36.0 Å². The maximum absolute atomic E-state index is 11.8. The lowest BCUT2D eigenvalue weighted by molar-refractivity contribution is -0.384. The first kappa shape index (κ1) is 17.6. The van der Waals surface area contributed by atoms with E-state index in [4.69, 9.17) is 0 Å². The van der Waals surface area contributed by atoms with Crippen LogP contribution in [0.1, 0.15) is 0 Å². The summed E-state index contributed by atoms with van der Waals surface area (Å²) in [6.45, 7) is 3.28. The summed E-state index contributed by atoms with van der Waals surface area (Å²) in [4.78, 5) is 26.5. The van der Waals surface area contributed by atoms with Gasteiger partial charge in [-0.1, -0.05) is 0 Å². The van der Waals surface area contributed by atoms with E-state index in [1.54, 1.807) is 17.4 Å². The highest BCUT2D eigenvalue weighted by molar-refractivity contribution is 7.14. The van der Waals surface area contributed by atoms with Crippen molar-refractivity contribution >= 4 is 44.4 Å². The van der Waals surface area contributed by atoms with Crippen LogP contribution < -0.4 is 9.80 Å². The fourth-order valence-electron chi connectivity index (χ4n) is 3.35. The van der Waals surface area contributed by atoms with E-state index in [1.165, 1.54) is 6.33 Å².